The second-order valence-corrected chi connectivity index (χ2v) is 4.36. The number of nitrogens with zero attached hydrogens (tertiary/aromatic N) is 2. The Balaban J connectivity index is 2.22. The van der Waals surface area contributed by atoms with Gasteiger partial charge in [0.15, 0.2) is 0 Å². The number of aryl methyl sites for hydroxylation is 1. The van der Waals surface area contributed by atoms with Crippen LogP contribution >= 0.6 is 15.9 Å². The molecule has 78 valence electrons. The summed E-state index contributed by atoms with van der Waals surface area (Å²) in [6.07, 6.45) is 1.97. The van der Waals surface area contributed by atoms with E-state index in [-0.39, 0.29) is 0 Å². The number of aromatic nitrogens is 2. The van der Waals surface area contributed by atoms with E-state index in [4.69, 9.17) is 5.73 Å². The highest BCUT2D eigenvalue weighted by molar-refractivity contribution is 9.10. The van der Waals surface area contributed by atoms with Crippen molar-refractivity contribution in [2.24, 2.45) is 0 Å². The van der Waals surface area contributed by atoms with E-state index in [0.717, 1.165) is 28.0 Å². The van der Waals surface area contributed by atoms with Gasteiger partial charge in [-0.25, -0.2) is 0 Å². The number of rotatable bonds is 2. The van der Waals surface area contributed by atoms with Crippen LogP contribution < -0.4 is 5.73 Å². The van der Waals surface area contributed by atoms with E-state index < -0.39 is 0 Å². The molecule has 0 aliphatic carbocycles. The topological polar surface area (TPSA) is 43.8 Å². The van der Waals surface area contributed by atoms with Crippen LogP contribution in [-0.2, 0) is 6.54 Å². The fraction of sp³-hybridized carbons (Fsp3) is 0.182. The van der Waals surface area contributed by atoms with Crippen LogP contribution in [0.25, 0.3) is 0 Å². The van der Waals surface area contributed by atoms with Crippen molar-refractivity contribution < 1.29 is 0 Å². The van der Waals surface area contributed by atoms with Gasteiger partial charge < -0.3 is 5.73 Å². The molecule has 0 unspecified atom stereocenters. The van der Waals surface area contributed by atoms with Crippen LogP contribution in [-0.4, -0.2) is 9.78 Å². The van der Waals surface area contributed by atoms with Gasteiger partial charge in [0.1, 0.15) is 0 Å². The first kappa shape index (κ1) is 10.2. The molecule has 0 bridgehead atoms. The van der Waals surface area contributed by atoms with Crippen LogP contribution in [0.2, 0.25) is 0 Å². The standard InChI is InChI=1S/C11H12BrN3/c1-8-11(12)7-15(14-8)6-9-3-2-4-10(13)5-9/h2-5,7H,6,13H2,1H3. The van der Waals surface area contributed by atoms with Crippen LogP contribution in [0.15, 0.2) is 34.9 Å². The van der Waals surface area contributed by atoms with Crippen molar-refractivity contribution in [2.45, 2.75) is 13.5 Å². The fourth-order valence-electron chi connectivity index (χ4n) is 1.45. The quantitative estimate of drug-likeness (QED) is 0.849. The number of nitrogens with two attached hydrogens (primary N) is 1. The van der Waals surface area contributed by atoms with Crippen molar-refractivity contribution in [2.75, 3.05) is 5.73 Å². The van der Waals surface area contributed by atoms with Gasteiger partial charge >= 0.3 is 0 Å². The Kier molecular flexibility index (Phi) is 2.77. The largest absolute Gasteiger partial charge is 0.399 e. The van der Waals surface area contributed by atoms with Crippen molar-refractivity contribution in [1.82, 2.24) is 9.78 Å². The lowest BCUT2D eigenvalue weighted by atomic mass is 10.2. The van der Waals surface area contributed by atoms with Crippen molar-refractivity contribution >= 4 is 21.6 Å². The Bertz CT molecular complexity index is 457. The van der Waals surface area contributed by atoms with Crippen LogP contribution in [0, 0.1) is 6.92 Å². The van der Waals surface area contributed by atoms with Gasteiger partial charge in [0.25, 0.3) is 0 Å². The lowest BCUT2D eigenvalue weighted by molar-refractivity contribution is 0.679. The highest BCUT2D eigenvalue weighted by Gasteiger charge is 2.02. The van der Waals surface area contributed by atoms with Gasteiger partial charge in [0, 0.05) is 11.9 Å². The number of anilines is 1. The third kappa shape index (κ3) is 2.39. The summed E-state index contributed by atoms with van der Waals surface area (Å²) in [5.41, 5.74) is 8.65. The molecule has 0 fully saturated rings. The number of hydrogen-bond acceptors (Lipinski definition) is 2. The molecule has 3 nitrogen and oxygen atoms in total. The van der Waals surface area contributed by atoms with Gasteiger partial charge in [0.05, 0.1) is 16.7 Å². The Morgan fingerprint density at radius 2 is 2.27 bits per heavy atom. The molecule has 0 aliphatic heterocycles. The summed E-state index contributed by atoms with van der Waals surface area (Å²) in [7, 11) is 0. The lowest BCUT2D eigenvalue weighted by Crippen LogP contribution is -2.00. The van der Waals surface area contributed by atoms with E-state index in [1.54, 1.807) is 0 Å². The van der Waals surface area contributed by atoms with Crippen LogP contribution in [0.3, 0.4) is 0 Å². The second kappa shape index (κ2) is 4.06. The molecule has 15 heavy (non-hydrogen) atoms. The Hall–Kier alpha value is -1.29. The Labute approximate surface area is 97.0 Å². The van der Waals surface area contributed by atoms with Crippen LogP contribution in [0.5, 0.6) is 0 Å². The summed E-state index contributed by atoms with van der Waals surface area (Å²) in [5.74, 6) is 0. The average Bonchev–Trinajstić information content (AvgIpc) is 2.45. The molecule has 0 saturated heterocycles. The maximum atomic E-state index is 5.71. The zero-order chi connectivity index (χ0) is 10.8. The maximum absolute atomic E-state index is 5.71. The molecule has 2 aromatic rings. The van der Waals surface area contributed by atoms with Gasteiger partial charge in [-0.3, -0.25) is 4.68 Å². The highest BCUT2D eigenvalue weighted by atomic mass is 79.9. The van der Waals surface area contributed by atoms with Gasteiger partial charge in [-0.2, -0.15) is 5.10 Å². The van der Waals surface area contributed by atoms with Crippen LogP contribution in [0.4, 0.5) is 5.69 Å². The molecule has 2 rings (SSSR count). The van der Waals surface area contributed by atoms with E-state index >= 15 is 0 Å². The van der Waals surface area contributed by atoms with Gasteiger partial charge in [-0.15, -0.1) is 0 Å². The van der Waals surface area contributed by atoms with Gasteiger partial charge in [-0.1, -0.05) is 12.1 Å². The molecule has 0 radical (unpaired) electrons. The summed E-state index contributed by atoms with van der Waals surface area (Å²) < 4.78 is 2.93. The van der Waals surface area contributed by atoms with Gasteiger partial charge in [0.2, 0.25) is 0 Å². The maximum Gasteiger partial charge on any atom is 0.0735 e. The molecule has 1 aromatic heterocycles. The van der Waals surface area contributed by atoms with Crippen molar-refractivity contribution in [3.8, 4) is 0 Å². The SMILES string of the molecule is Cc1nn(Cc2cccc(N)c2)cc1Br. The number of hydrogen-bond donors (Lipinski definition) is 1. The molecule has 4 heteroatoms. The highest BCUT2D eigenvalue weighted by Crippen LogP contribution is 2.15. The normalized spacial score (nSPS) is 10.5. The van der Waals surface area contributed by atoms with Crippen molar-refractivity contribution in [3.63, 3.8) is 0 Å². The van der Waals surface area contributed by atoms with E-state index in [0.29, 0.717) is 0 Å². The second-order valence-electron chi connectivity index (χ2n) is 3.51. The Morgan fingerprint density at radius 3 is 2.87 bits per heavy atom. The number of halogens is 1. The minimum atomic E-state index is 0.747. The fourth-order valence-corrected chi connectivity index (χ4v) is 1.77. The molecular weight excluding hydrogens is 254 g/mol. The van der Waals surface area contributed by atoms with Crippen molar-refractivity contribution in [3.05, 3.63) is 46.2 Å². The zero-order valence-electron chi connectivity index (χ0n) is 8.44. The van der Waals surface area contributed by atoms with E-state index in [9.17, 15) is 0 Å². The van der Waals surface area contributed by atoms with E-state index in [1.807, 2.05) is 42.1 Å². The summed E-state index contributed by atoms with van der Waals surface area (Å²) in [6.45, 7) is 2.72. The lowest BCUT2D eigenvalue weighted by Gasteiger charge is -2.02. The summed E-state index contributed by atoms with van der Waals surface area (Å²) in [4.78, 5) is 0. The zero-order valence-corrected chi connectivity index (χ0v) is 10.0. The summed E-state index contributed by atoms with van der Waals surface area (Å²) >= 11 is 3.44. The minimum Gasteiger partial charge on any atom is -0.399 e. The molecule has 0 amide bonds. The first-order valence-corrected chi connectivity index (χ1v) is 5.48. The van der Waals surface area contributed by atoms with Crippen molar-refractivity contribution in [1.29, 1.82) is 0 Å². The van der Waals surface area contributed by atoms with E-state index in [1.165, 1.54) is 0 Å². The smallest absolute Gasteiger partial charge is 0.0735 e. The first-order valence-electron chi connectivity index (χ1n) is 4.69. The third-order valence-electron chi connectivity index (χ3n) is 2.18. The Morgan fingerprint density at radius 1 is 1.47 bits per heavy atom. The third-order valence-corrected chi connectivity index (χ3v) is 2.96. The average molecular weight is 266 g/mol. The van der Waals surface area contributed by atoms with E-state index in [2.05, 4.69) is 21.0 Å². The number of nitrogen functional groups attached to an aromatic ring is 1. The summed E-state index contributed by atoms with van der Waals surface area (Å²) in [5, 5.41) is 4.36. The minimum absolute atomic E-state index is 0.747. The summed E-state index contributed by atoms with van der Waals surface area (Å²) in [6, 6.07) is 7.84. The predicted octanol–water partition coefficient (Wildman–Crippen LogP) is 2.58. The number of benzene rings is 1. The molecule has 2 N–H and O–H groups in total. The molecular formula is C11H12BrN3. The molecule has 0 spiro atoms. The molecule has 0 aliphatic rings. The molecule has 0 atom stereocenters. The molecule has 1 heterocycles. The molecule has 1 aromatic carbocycles. The van der Waals surface area contributed by atoms with Gasteiger partial charge in [-0.05, 0) is 40.5 Å². The van der Waals surface area contributed by atoms with Crippen LogP contribution in [0.1, 0.15) is 11.3 Å². The predicted molar refractivity (Wildman–Crippen MR) is 64.6 cm³/mol. The monoisotopic (exact) mass is 265 g/mol. The first-order chi connectivity index (χ1) is 7.15. The molecule has 0 saturated carbocycles.